The lowest BCUT2D eigenvalue weighted by Gasteiger charge is -2.33. The van der Waals surface area contributed by atoms with Crippen molar-refractivity contribution >= 4 is 10.5 Å². The van der Waals surface area contributed by atoms with Gasteiger partial charge in [0.25, 0.3) is 0 Å². The minimum atomic E-state index is 0.0680. The fraction of sp³-hybridized carbons (Fsp3) is 0.520. The average Bonchev–Trinajstić information content (AvgIpc) is 2.69. The highest BCUT2D eigenvalue weighted by Gasteiger charge is 2.26. The van der Waals surface area contributed by atoms with Gasteiger partial charge < -0.3 is 9.53 Å². The topological polar surface area (TPSA) is 32.7 Å². The first-order chi connectivity index (χ1) is 13.7. The molecule has 0 spiro atoms. The van der Waals surface area contributed by atoms with Crippen LogP contribution in [0.1, 0.15) is 73.4 Å². The summed E-state index contributed by atoms with van der Waals surface area (Å²) in [4.78, 5) is 2.56. The number of aliphatic hydroxyl groups excluding tert-OH is 1. The van der Waals surface area contributed by atoms with Gasteiger partial charge in [-0.2, -0.15) is 0 Å². The van der Waals surface area contributed by atoms with E-state index in [2.05, 4.69) is 83.7 Å². The molecule has 2 aromatic rings. The predicted molar refractivity (Wildman–Crippen MR) is 127 cm³/mol. The molecule has 0 amide bonds. The Morgan fingerprint density at radius 2 is 1.52 bits per heavy atom. The van der Waals surface area contributed by atoms with Gasteiger partial charge in [0.1, 0.15) is 5.75 Å². The molecule has 0 aliphatic carbocycles. The number of aliphatic hydroxyl groups is 1. The molecule has 0 bridgehead atoms. The quantitative estimate of drug-likeness (QED) is 0.618. The lowest BCUT2D eigenvalue weighted by atomic mass is 9.81. The third kappa shape index (κ3) is 5.11. The summed E-state index contributed by atoms with van der Waals surface area (Å²) in [5.74, 6) is 1.27. The molecular formula is C25H39NO2Si. The van der Waals surface area contributed by atoms with Gasteiger partial charge in [-0.3, -0.25) is 4.90 Å². The van der Waals surface area contributed by atoms with E-state index in [-0.39, 0.29) is 12.5 Å². The number of hydrogen-bond acceptors (Lipinski definition) is 3. The van der Waals surface area contributed by atoms with Crippen LogP contribution in [-0.4, -0.2) is 39.1 Å². The van der Waals surface area contributed by atoms with E-state index in [1.165, 1.54) is 16.7 Å². The molecule has 29 heavy (non-hydrogen) atoms. The van der Waals surface area contributed by atoms with E-state index in [0.29, 0.717) is 22.6 Å². The molecule has 4 heteroatoms. The largest absolute Gasteiger partial charge is 0.553 e. The number of nitrogens with zero attached hydrogens (tertiary/aromatic N) is 1. The van der Waals surface area contributed by atoms with Gasteiger partial charge in [0.05, 0.1) is 6.61 Å². The van der Waals surface area contributed by atoms with Crippen LogP contribution in [0.5, 0.6) is 5.75 Å². The highest BCUT2D eigenvalue weighted by atomic mass is 28.2. The number of benzene rings is 2. The van der Waals surface area contributed by atoms with Crippen LogP contribution in [0.2, 0.25) is 0 Å². The maximum Gasteiger partial charge on any atom is 0.204 e. The van der Waals surface area contributed by atoms with Crippen molar-refractivity contribution < 1.29 is 9.53 Å². The highest BCUT2D eigenvalue weighted by Crippen LogP contribution is 2.42. The fourth-order valence-electron chi connectivity index (χ4n) is 4.69. The predicted octanol–water partition coefficient (Wildman–Crippen LogP) is 4.40. The van der Waals surface area contributed by atoms with Gasteiger partial charge in [0.2, 0.25) is 10.5 Å². The normalized spacial score (nSPS) is 12.9. The van der Waals surface area contributed by atoms with Gasteiger partial charge >= 0.3 is 0 Å². The van der Waals surface area contributed by atoms with Crippen molar-refractivity contribution in [3.63, 3.8) is 0 Å². The average molecular weight is 414 g/mol. The molecule has 3 nitrogen and oxygen atoms in total. The molecule has 2 rings (SSSR count). The standard InChI is InChI=1S/C25H39NO2Si/c1-16(2)26(17(3)4)14-13-22(21-11-9-8-10-12-21)24-20(7)23(15-27)18(5)19(6)25(24)28-29/h8-12,16-17,22,27H,13-15H2,1-7,29H3. The monoisotopic (exact) mass is 413 g/mol. The summed E-state index contributed by atoms with van der Waals surface area (Å²) in [6.45, 7) is 16.6. The molecule has 0 aliphatic heterocycles. The highest BCUT2D eigenvalue weighted by molar-refractivity contribution is 6.00. The van der Waals surface area contributed by atoms with E-state index in [1.807, 2.05) is 0 Å². The van der Waals surface area contributed by atoms with E-state index in [4.69, 9.17) is 4.43 Å². The van der Waals surface area contributed by atoms with Crippen LogP contribution < -0.4 is 4.43 Å². The zero-order chi connectivity index (χ0) is 21.7. The fourth-order valence-corrected chi connectivity index (χ4v) is 5.21. The third-order valence-electron chi connectivity index (χ3n) is 6.37. The van der Waals surface area contributed by atoms with Crippen LogP contribution in [0.3, 0.4) is 0 Å². The first kappa shape index (κ1) is 23.7. The zero-order valence-electron chi connectivity index (χ0n) is 19.5. The summed E-state index contributed by atoms with van der Waals surface area (Å²) in [5, 5.41) is 10.1. The molecule has 1 unspecified atom stereocenters. The number of hydrogen-bond donors (Lipinski definition) is 1. The molecule has 2 aromatic carbocycles. The van der Waals surface area contributed by atoms with E-state index in [0.717, 1.165) is 35.4 Å². The molecule has 0 heterocycles. The van der Waals surface area contributed by atoms with E-state index in [9.17, 15) is 5.11 Å². The Labute approximate surface area is 180 Å². The van der Waals surface area contributed by atoms with Gasteiger partial charge in [0.15, 0.2) is 0 Å². The molecular weight excluding hydrogens is 374 g/mol. The molecule has 0 saturated heterocycles. The Kier molecular flexibility index (Phi) is 8.50. The Hall–Kier alpha value is -1.62. The lowest BCUT2D eigenvalue weighted by Crippen LogP contribution is -2.38. The molecule has 1 N–H and O–H groups in total. The SMILES string of the molecule is Cc1c(C)c(O[SiH3])c(C(CCN(C(C)C)C(C)C)c2ccccc2)c(C)c1CO. The van der Waals surface area contributed by atoms with Crippen LogP contribution in [0.25, 0.3) is 0 Å². The van der Waals surface area contributed by atoms with Crippen LogP contribution in [0, 0.1) is 20.8 Å². The Morgan fingerprint density at radius 3 is 2.00 bits per heavy atom. The second kappa shape index (κ2) is 10.4. The molecule has 1 atom stereocenters. The van der Waals surface area contributed by atoms with Crippen LogP contribution in [0.15, 0.2) is 30.3 Å². The van der Waals surface area contributed by atoms with Gasteiger partial charge in [-0.15, -0.1) is 0 Å². The maximum absolute atomic E-state index is 10.1. The Morgan fingerprint density at radius 1 is 0.931 bits per heavy atom. The van der Waals surface area contributed by atoms with Crippen molar-refractivity contribution in [2.45, 2.75) is 79.5 Å². The summed E-state index contributed by atoms with van der Waals surface area (Å²) in [7, 11) is 0.649. The van der Waals surface area contributed by atoms with Crippen LogP contribution >= 0.6 is 0 Å². The second-order valence-corrected chi connectivity index (χ2v) is 9.04. The molecule has 160 valence electrons. The first-order valence-electron chi connectivity index (χ1n) is 10.8. The maximum atomic E-state index is 10.1. The van der Waals surface area contributed by atoms with Crippen molar-refractivity contribution in [2.24, 2.45) is 0 Å². The summed E-state index contributed by atoms with van der Waals surface area (Å²) >= 11 is 0. The van der Waals surface area contributed by atoms with Crippen LogP contribution in [-0.2, 0) is 6.61 Å². The smallest absolute Gasteiger partial charge is 0.204 e. The van der Waals surface area contributed by atoms with Crippen molar-refractivity contribution in [1.82, 2.24) is 4.90 Å². The Bertz CT molecular complexity index is 794. The Balaban J connectivity index is 2.62. The third-order valence-corrected chi connectivity index (χ3v) is 6.78. The molecule has 0 aliphatic rings. The summed E-state index contributed by atoms with van der Waals surface area (Å²) in [6, 6.07) is 11.8. The summed E-state index contributed by atoms with van der Waals surface area (Å²) in [5.41, 5.74) is 7.11. The summed E-state index contributed by atoms with van der Waals surface area (Å²) < 4.78 is 6.09. The van der Waals surface area contributed by atoms with E-state index in [1.54, 1.807) is 0 Å². The lowest BCUT2D eigenvalue weighted by molar-refractivity contribution is 0.170. The van der Waals surface area contributed by atoms with Gasteiger partial charge in [0, 0.05) is 23.6 Å². The molecule has 0 saturated carbocycles. The minimum absolute atomic E-state index is 0.0680. The molecule has 0 aromatic heterocycles. The summed E-state index contributed by atoms with van der Waals surface area (Å²) in [6.07, 6.45) is 1.02. The minimum Gasteiger partial charge on any atom is -0.553 e. The van der Waals surface area contributed by atoms with Crippen molar-refractivity contribution in [2.75, 3.05) is 6.54 Å². The van der Waals surface area contributed by atoms with Crippen molar-refractivity contribution in [1.29, 1.82) is 0 Å². The van der Waals surface area contributed by atoms with E-state index < -0.39 is 0 Å². The molecule has 0 radical (unpaired) electrons. The van der Waals surface area contributed by atoms with E-state index >= 15 is 0 Å². The van der Waals surface area contributed by atoms with Gasteiger partial charge in [-0.1, -0.05) is 30.3 Å². The number of rotatable bonds is 9. The second-order valence-electron chi connectivity index (χ2n) is 8.64. The van der Waals surface area contributed by atoms with Gasteiger partial charge in [-0.25, -0.2) is 0 Å². The molecule has 0 fully saturated rings. The van der Waals surface area contributed by atoms with Crippen LogP contribution in [0.4, 0.5) is 0 Å². The zero-order valence-corrected chi connectivity index (χ0v) is 21.5. The van der Waals surface area contributed by atoms with Crippen molar-refractivity contribution in [3.8, 4) is 5.75 Å². The van der Waals surface area contributed by atoms with Gasteiger partial charge in [-0.05, 0) is 89.2 Å². The van der Waals surface area contributed by atoms with Crippen molar-refractivity contribution in [3.05, 3.63) is 63.7 Å². The first-order valence-corrected chi connectivity index (χ1v) is 11.6.